The Morgan fingerprint density at radius 3 is 2.42 bits per heavy atom. The number of likely N-dealkylation sites (N-methyl/N-ethyl adjacent to an activating group) is 1. The van der Waals surface area contributed by atoms with Crippen molar-refractivity contribution in [2.75, 3.05) is 40.3 Å². The molecule has 1 aliphatic rings. The maximum atomic E-state index is 12.2. The van der Waals surface area contributed by atoms with Crippen LogP contribution in [-0.4, -0.2) is 67.1 Å². The van der Waals surface area contributed by atoms with Gasteiger partial charge in [0.05, 0.1) is 18.5 Å². The molecule has 6 nitrogen and oxygen atoms in total. The lowest BCUT2D eigenvalue weighted by molar-refractivity contribution is -0.143. The number of carbonyl (C=O) groups is 2. The van der Waals surface area contributed by atoms with Crippen LogP contribution in [0.25, 0.3) is 0 Å². The number of nitrogens with one attached hydrogen (secondary N) is 1. The van der Waals surface area contributed by atoms with Gasteiger partial charge in [0.15, 0.2) is 0 Å². The molecule has 1 atom stereocenters. The lowest BCUT2D eigenvalue weighted by Gasteiger charge is -2.30. The average Bonchev–Trinajstić information content (AvgIpc) is 2.56. The number of nitrogens with zero attached hydrogens (tertiary/aromatic N) is 2. The summed E-state index contributed by atoms with van der Waals surface area (Å²) in [5.41, 5.74) is 1.17. The summed E-state index contributed by atoms with van der Waals surface area (Å²) in [6.07, 6.45) is 1.24. The highest BCUT2D eigenvalue weighted by molar-refractivity contribution is 5.78. The van der Waals surface area contributed by atoms with E-state index < -0.39 is 5.97 Å². The lowest BCUT2D eigenvalue weighted by atomic mass is 9.97. The molecule has 1 fully saturated rings. The van der Waals surface area contributed by atoms with Gasteiger partial charge in [-0.05, 0) is 45.6 Å². The first-order valence-corrected chi connectivity index (χ1v) is 8.40. The molecule has 1 heterocycles. The first kappa shape index (κ1) is 18.4. The molecule has 0 spiro atoms. The second-order valence-corrected chi connectivity index (χ2v) is 6.58. The van der Waals surface area contributed by atoms with E-state index in [0.717, 1.165) is 0 Å². The molecule has 2 N–H and O–H groups in total. The van der Waals surface area contributed by atoms with Crippen LogP contribution in [0.15, 0.2) is 30.3 Å². The van der Waals surface area contributed by atoms with Crippen molar-refractivity contribution in [3.63, 3.8) is 0 Å². The van der Waals surface area contributed by atoms with Crippen molar-refractivity contribution < 1.29 is 14.7 Å². The van der Waals surface area contributed by atoms with E-state index in [9.17, 15) is 9.59 Å². The number of piperidine rings is 1. The molecule has 1 unspecified atom stereocenters. The van der Waals surface area contributed by atoms with E-state index in [4.69, 9.17) is 5.11 Å². The first-order valence-electron chi connectivity index (χ1n) is 8.40. The summed E-state index contributed by atoms with van der Waals surface area (Å²) < 4.78 is 0. The number of rotatable bonds is 7. The fraction of sp³-hybridized carbons (Fsp3) is 0.556. The van der Waals surface area contributed by atoms with Gasteiger partial charge in [0, 0.05) is 6.54 Å². The van der Waals surface area contributed by atoms with Crippen LogP contribution in [0.2, 0.25) is 0 Å². The summed E-state index contributed by atoms with van der Waals surface area (Å²) in [5, 5.41) is 12.0. The monoisotopic (exact) mass is 333 g/mol. The molecule has 24 heavy (non-hydrogen) atoms. The summed E-state index contributed by atoms with van der Waals surface area (Å²) in [6, 6.07) is 10.2. The Morgan fingerprint density at radius 2 is 1.88 bits per heavy atom. The Kier molecular flexibility index (Phi) is 6.75. The zero-order valence-corrected chi connectivity index (χ0v) is 14.4. The Hall–Kier alpha value is -1.92. The van der Waals surface area contributed by atoms with Crippen molar-refractivity contribution in [1.29, 1.82) is 0 Å². The molecule has 1 saturated heterocycles. The Morgan fingerprint density at radius 1 is 1.25 bits per heavy atom. The molecule has 132 valence electrons. The number of benzene rings is 1. The summed E-state index contributed by atoms with van der Waals surface area (Å²) in [7, 11) is 4.00. The van der Waals surface area contributed by atoms with E-state index in [-0.39, 0.29) is 17.9 Å². The van der Waals surface area contributed by atoms with Crippen molar-refractivity contribution in [3.8, 4) is 0 Å². The van der Waals surface area contributed by atoms with Crippen molar-refractivity contribution >= 4 is 11.9 Å². The van der Waals surface area contributed by atoms with E-state index in [1.54, 1.807) is 0 Å². The highest BCUT2D eigenvalue weighted by Gasteiger charge is 2.25. The summed E-state index contributed by atoms with van der Waals surface area (Å²) in [6.45, 7) is 2.23. The molecule has 0 aromatic heterocycles. The summed E-state index contributed by atoms with van der Waals surface area (Å²) >= 11 is 0. The van der Waals surface area contributed by atoms with Gasteiger partial charge in [-0.15, -0.1) is 0 Å². The van der Waals surface area contributed by atoms with Crippen LogP contribution >= 0.6 is 0 Å². The third kappa shape index (κ3) is 5.32. The predicted octanol–water partition coefficient (Wildman–Crippen LogP) is 1.20. The average molecular weight is 333 g/mol. The second kappa shape index (κ2) is 8.80. The molecule has 0 radical (unpaired) electrons. The van der Waals surface area contributed by atoms with Crippen LogP contribution < -0.4 is 5.32 Å². The quantitative estimate of drug-likeness (QED) is 0.784. The van der Waals surface area contributed by atoms with Gasteiger partial charge in [-0.1, -0.05) is 30.3 Å². The van der Waals surface area contributed by atoms with Crippen molar-refractivity contribution in [2.24, 2.45) is 5.92 Å². The molecule has 1 aromatic carbocycles. The molecular formula is C18H27N3O3. The highest BCUT2D eigenvalue weighted by atomic mass is 16.4. The molecule has 1 aliphatic heterocycles. The molecule has 1 aromatic rings. The molecule has 6 heteroatoms. The number of hydrogen-bond donors (Lipinski definition) is 2. The van der Waals surface area contributed by atoms with E-state index in [1.807, 2.05) is 37.2 Å². The SMILES string of the molecule is CN(C)C(CNC(=O)CN1CCC(C(=O)O)CC1)c1ccccc1. The van der Waals surface area contributed by atoms with E-state index in [0.29, 0.717) is 39.0 Å². The zero-order chi connectivity index (χ0) is 17.5. The van der Waals surface area contributed by atoms with Crippen LogP contribution in [-0.2, 0) is 9.59 Å². The minimum Gasteiger partial charge on any atom is -0.481 e. The molecule has 0 saturated carbocycles. The standard InChI is InChI=1S/C18H27N3O3/c1-20(2)16(14-6-4-3-5-7-14)12-19-17(22)13-21-10-8-15(9-11-21)18(23)24/h3-7,15-16H,8-13H2,1-2H3,(H,19,22)(H,23,24). The molecule has 1 amide bonds. The highest BCUT2D eigenvalue weighted by Crippen LogP contribution is 2.18. The van der Waals surface area contributed by atoms with Crippen molar-refractivity contribution in [1.82, 2.24) is 15.1 Å². The molecule has 0 bridgehead atoms. The van der Waals surface area contributed by atoms with Gasteiger partial charge >= 0.3 is 5.97 Å². The number of amides is 1. The molecule has 0 aliphatic carbocycles. The maximum absolute atomic E-state index is 12.2. The Bertz CT molecular complexity index is 540. The third-order valence-corrected chi connectivity index (χ3v) is 4.60. The van der Waals surface area contributed by atoms with E-state index in [2.05, 4.69) is 22.3 Å². The largest absolute Gasteiger partial charge is 0.481 e. The zero-order valence-electron chi connectivity index (χ0n) is 14.4. The minimum atomic E-state index is -0.726. The smallest absolute Gasteiger partial charge is 0.306 e. The normalized spacial score (nSPS) is 17.6. The van der Waals surface area contributed by atoms with Crippen LogP contribution in [0.3, 0.4) is 0 Å². The van der Waals surface area contributed by atoms with Gasteiger partial charge in [0.25, 0.3) is 0 Å². The van der Waals surface area contributed by atoms with Gasteiger partial charge < -0.3 is 15.3 Å². The third-order valence-electron chi connectivity index (χ3n) is 4.60. The summed E-state index contributed by atoms with van der Waals surface area (Å²) in [4.78, 5) is 27.3. The second-order valence-electron chi connectivity index (χ2n) is 6.58. The fourth-order valence-electron chi connectivity index (χ4n) is 3.08. The van der Waals surface area contributed by atoms with Crippen LogP contribution in [0.4, 0.5) is 0 Å². The molecule has 2 rings (SSSR count). The molecular weight excluding hydrogens is 306 g/mol. The number of hydrogen-bond acceptors (Lipinski definition) is 4. The predicted molar refractivity (Wildman–Crippen MR) is 92.7 cm³/mol. The van der Waals surface area contributed by atoms with Gasteiger partial charge in [0.2, 0.25) is 5.91 Å². The Balaban J connectivity index is 1.79. The number of carboxylic acids is 1. The van der Waals surface area contributed by atoms with Gasteiger partial charge in [-0.3, -0.25) is 14.5 Å². The van der Waals surface area contributed by atoms with Crippen molar-refractivity contribution in [3.05, 3.63) is 35.9 Å². The number of likely N-dealkylation sites (tertiary alicyclic amines) is 1. The maximum Gasteiger partial charge on any atom is 0.306 e. The number of aliphatic carboxylic acids is 1. The van der Waals surface area contributed by atoms with Gasteiger partial charge in [0.1, 0.15) is 0 Å². The van der Waals surface area contributed by atoms with Crippen LogP contribution in [0.5, 0.6) is 0 Å². The van der Waals surface area contributed by atoms with Crippen LogP contribution in [0.1, 0.15) is 24.4 Å². The Labute approximate surface area is 143 Å². The minimum absolute atomic E-state index is 0.00782. The number of carboxylic acid groups (broad SMARTS) is 1. The number of carbonyl (C=O) groups excluding carboxylic acids is 1. The van der Waals surface area contributed by atoms with E-state index >= 15 is 0 Å². The lowest BCUT2D eigenvalue weighted by Crippen LogP contribution is -2.44. The summed E-state index contributed by atoms with van der Waals surface area (Å²) in [5.74, 6) is -0.997. The van der Waals surface area contributed by atoms with Crippen molar-refractivity contribution in [2.45, 2.75) is 18.9 Å². The van der Waals surface area contributed by atoms with Gasteiger partial charge in [-0.25, -0.2) is 0 Å². The topological polar surface area (TPSA) is 72.9 Å². The first-order chi connectivity index (χ1) is 11.5. The fourth-order valence-corrected chi connectivity index (χ4v) is 3.08. The van der Waals surface area contributed by atoms with E-state index in [1.165, 1.54) is 5.56 Å². The van der Waals surface area contributed by atoms with Gasteiger partial charge in [-0.2, -0.15) is 0 Å². The van der Waals surface area contributed by atoms with Crippen LogP contribution in [0, 0.1) is 5.92 Å².